The van der Waals surface area contributed by atoms with Gasteiger partial charge in [-0.25, -0.2) is 13.1 Å². The van der Waals surface area contributed by atoms with E-state index in [0.717, 1.165) is 0 Å². The van der Waals surface area contributed by atoms with Crippen molar-refractivity contribution in [1.82, 2.24) is 4.72 Å². The number of nitrogen functional groups attached to an aromatic ring is 1. The second-order valence-corrected chi connectivity index (χ2v) is 7.23. The molecule has 0 aliphatic heterocycles. The van der Waals surface area contributed by atoms with Gasteiger partial charge in [-0.15, -0.1) is 0 Å². The molecule has 1 aromatic rings. The van der Waals surface area contributed by atoms with Crippen molar-refractivity contribution >= 4 is 43.2 Å². The van der Waals surface area contributed by atoms with Crippen LogP contribution < -0.4 is 10.5 Å². The number of aliphatic hydroxyl groups excluding tert-OH is 1. The quantitative estimate of drug-likeness (QED) is 0.713. The van der Waals surface area contributed by atoms with E-state index in [1.54, 1.807) is 0 Å². The zero-order valence-electron chi connectivity index (χ0n) is 9.28. The highest BCUT2D eigenvalue weighted by atomic mass is 79.9. The third-order valence-electron chi connectivity index (χ3n) is 2.83. The Bertz CT molecular complexity index is 587. The van der Waals surface area contributed by atoms with E-state index in [4.69, 9.17) is 22.4 Å². The maximum atomic E-state index is 12.2. The van der Waals surface area contributed by atoms with Crippen LogP contribution in [0.25, 0.3) is 0 Å². The summed E-state index contributed by atoms with van der Waals surface area (Å²) in [4.78, 5) is -0.0211. The van der Waals surface area contributed by atoms with Crippen molar-refractivity contribution < 1.29 is 13.5 Å². The average molecular weight is 356 g/mol. The largest absolute Gasteiger partial charge is 0.398 e. The highest BCUT2D eigenvalue weighted by Gasteiger charge is 2.46. The average Bonchev–Trinajstić information content (AvgIpc) is 3.03. The fourth-order valence-electron chi connectivity index (χ4n) is 1.56. The lowest BCUT2D eigenvalue weighted by molar-refractivity contribution is 0.246. The molecule has 0 atom stereocenters. The molecule has 0 heterocycles. The van der Waals surface area contributed by atoms with E-state index in [9.17, 15) is 8.42 Å². The number of halogens is 2. The first kappa shape index (κ1) is 14.1. The fraction of sp³-hybridized carbons (Fsp3) is 0.400. The van der Waals surface area contributed by atoms with E-state index in [2.05, 4.69) is 20.7 Å². The summed E-state index contributed by atoms with van der Waals surface area (Å²) in [6.07, 6.45) is 1.24. The van der Waals surface area contributed by atoms with Crippen LogP contribution in [0.1, 0.15) is 12.8 Å². The molecular formula is C10H12BrClN2O3S. The third kappa shape index (κ3) is 2.65. The minimum absolute atomic E-state index is 0.0211. The molecule has 1 fully saturated rings. The van der Waals surface area contributed by atoms with Crippen molar-refractivity contribution in [2.24, 2.45) is 0 Å². The Morgan fingerprint density at radius 2 is 2.11 bits per heavy atom. The number of rotatable bonds is 4. The molecule has 1 aliphatic carbocycles. The molecule has 1 aromatic carbocycles. The summed E-state index contributed by atoms with van der Waals surface area (Å²) in [5, 5.41) is 9.40. The molecule has 2 rings (SSSR count). The normalized spacial score (nSPS) is 17.7. The first-order chi connectivity index (χ1) is 8.30. The summed E-state index contributed by atoms with van der Waals surface area (Å²) in [5.41, 5.74) is 5.18. The lowest BCUT2D eigenvalue weighted by Gasteiger charge is -2.16. The van der Waals surface area contributed by atoms with Gasteiger partial charge in [-0.05, 0) is 40.9 Å². The first-order valence-electron chi connectivity index (χ1n) is 5.19. The van der Waals surface area contributed by atoms with E-state index < -0.39 is 15.6 Å². The SMILES string of the molecule is Nc1cc(Cl)cc(S(=O)(=O)NC2(CO)CC2)c1Br. The summed E-state index contributed by atoms with van der Waals surface area (Å²) in [6.45, 7) is -0.222. The molecule has 100 valence electrons. The number of sulfonamides is 1. The molecule has 8 heteroatoms. The van der Waals surface area contributed by atoms with Gasteiger partial charge in [-0.2, -0.15) is 0 Å². The van der Waals surface area contributed by atoms with Crippen molar-refractivity contribution in [1.29, 1.82) is 0 Å². The van der Waals surface area contributed by atoms with E-state index >= 15 is 0 Å². The van der Waals surface area contributed by atoms with E-state index in [-0.39, 0.29) is 26.7 Å². The predicted octanol–water partition coefficient (Wildman–Crippen LogP) is 1.49. The van der Waals surface area contributed by atoms with Crippen LogP contribution in [0.15, 0.2) is 21.5 Å². The minimum atomic E-state index is -3.76. The lowest BCUT2D eigenvalue weighted by Crippen LogP contribution is -2.39. The molecule has 0 aromatic heterocycles. The summed E-state index contributed by atoms with van der Waals surface area (Å²) >= 11 is 8.94. The van der Waals surface area contributed by atoms with Gasteiger partial charge in [0.05, 0.1) is 21.5 Å². The van der Waals surface area contributed by atoms with Crippen molar-refractivity contribution in [2.75, 3.05) is 12.3 Å². The molecule has 0 unspecified atom stereocenters. The Balaban J connectivity index is 2.42. The van der Waals surface area contributed by atoms with Gasteiger partial charge in [0.15, 0.2) is 0 Å². The van der Waals surface area contributed by atoms with Crippen LogP contribution in [-0.2, 0) is 10.0 Å². The minimum Gasteiger partial charge on any atom is -0.398 e. The van der Waals surface area contributed by atoms with Crippen molar-refractivity contribution in [2.45, 2.75) is 23.3 Å². The van der Waals surface area contributed by atoms with Gasteiger partial charge < -0.3 is 10.8 Å². The molecule has 5 nitrogen and oxygen atoms in total. The molecule has 4 N–H and O–H groups in total. The molecule has 0 radical (unpaired) electrons. The van der Waals surface area contributed by atoms with Gasteiger partial charge in [-0.3, -0.25) is 0 Å². The number of anilines is 1. The molecule has 0 amide bonds. The molecule has 18 heavy (non-hydrogen) atoms. The third-order valence-corrected chi connectivity index (χ3v) is 5.80. The Morgan fingerprint density at radius 3 is 2.61 bits per heavy atom. The van der Waals surface area contributed by atoms with Crippen LogP contribution in [0.2, 0.25) is 5.02 Å². The highest BCUT2D eigenvalue weighted by Crippen LogP contribution is 2.38. The van der Waals surface area contributed by atoms with Crippen LogP contribution in [-0.4, -0.2) is 25.7 Å². The molecular weight excluding hydrogens is 344 g/mol. The van der Waals surface area contributed by atoms with E-state index in [1.807, 2.05) is 0 Å². The van der Waals surface area contributed by atoms with Crippen LogP contribution >= 0.6 is 27.5 Å². The summed E-state index contributed by atoms with van der Waals surface area (Å²) in [5.74, 6) is 0. The Morgan fingerprint density at radius 1 is 1.50 bits per heavy atom. The van der Waals surface area contributed by atoms with Crippen LogP contribution in [0.4, 0.5) is 5.69 Å². The van der Waals surface area contributed by atoms with Gasteiger partial charge in [0.25, 0.3) is 0 Å². The Hall–Kier alpha value is -0.340. The fourth-order valence-corrected chi connectivity index (χ4v) is 4.31. The second-order valence-electron chi connectivity index (χ2n) is 4.35. The molecule has 0 saturated heterocycles. The van der Waals surface area contributed by atoms with E-state index in [1.165, 1.54) is 12.1 Å². The number of hydrogen-bond acceptors (Lipinski definition) is 4. The summed E-state index contributed by atoms with van der Waals surface area (Å²) in [6, 6.07) is 2.78. The van der Waals surface area contributed by atoms with Crippen molar-refractivity contribution in [3.63, 3.8) is 0 Å². The zero-order valence-corrected chi connectivity index (χ0v) is 12.4. The van der Waals surface area contributed by atoms with Crippen LogP contribution in [0.5, 0.6) is 0 Å². The molecule has 1 aliphatic rings. The van der Waals surface area contributed by atoms with Crippen molar-refractivity contribution in [3.05, 3.63) is 21.6 Å². The summed E-state index contributed by atoms with van der Waals surface area (Å²) in [7, 11) is -3.76. The highest BCUT2D eigenvalue weighted by molar-refractivity contribution is 9.10. The number of hydrogen-bond donors (Lipinski definition) is 3. The van der Waals surface area contributed by atoms with Crippen LogP contribution in [0.3, 0.4) is 0 Å². The molecule has 1 saturated carbocycles. The van der Waals surface area contributed by atoms with Gasteiger partial charge in [0.2, 0.25) is 10.0 Å². The zero-order chi connectivity index (χ0) is 13.6. The number of benzene rings is 1. The van der Waals surface area contributed by atoms with E-state index in [0.29, 0.717) is 12.8 Å². The lowest BCUT2D eigenvalue weighted by atomic mass is 10.3. The summed E-state index contributed by atoms with van der Waals surface area (Å²) < 4.78 is 27.2. The smallest absolute Gasteiger partial charge is 0.242 e. The number of nitrogens with one attached hydrogen (secondary N) is 1. The molecule has 0 spiro atoms. The van der Waals surface area contributed by atoms with Crippen LogP contribution in [0, 0.1) is 0 Å². The topological polar surface area (TPSA) is 92.4 Å². The second kappa shape index (κ2) is 4.64. The van der Waals surface area contributed by atoms with Gasteiger partial charge in [0, 0.05) is 10.7 Å². The number of nitrogens with two attached hydrogens (primary N) is 1. The maximum absolute atomic E-state index is 12.2. The van der Waals surface area contributed by atoms with Gasteiger partial charge in [-0.1, -0.05) is 11.6 Å². The van der Waals surface area contributed by atoms with Crippen molar-refractivity contribution in [3.8, 4) is 0 Å². The van der Waals surface area contributed by atoms with Gasteiger partial charge in [0.1, 0.15) is 0 Å². The monoisotopic (exact) mass is 354 g/mol. The van der Waals surface area contributed by atoms with Gasteiger partial charge >= 0.3 is 0 Å². The first-order valence-corrected chi connectivity index (χ1v) is 7.84. The Labute approximate surface area is 119 Å². The predicted molar refractivity (Wildman–Crippen MR) is 72.9 cm³/mol. The number of aliphatic hydroxyl groups is 1. The maximum Gasteiger partial charge on any atom is 0.242 e. The standard InChI is InChI=1S/C10H12BrClN2O3S/c11-9-7(13)3-6(12)4-8(9)18(16,17)14-10(5-15)1-2-10/h3-4,14-15H,1-2,5,13H2. The molecule has 0 bridgehead atoms. The Kier molecular flexibility index (Phi) is 3.63.